The van der Waals surface area contributed by atoms with Crippen molar-refractivity contribution in [3.05, 3.63) is 35.4 Å². The Morgan fingerprint density at radius 2 is 1.90 bits per heavy atom. The minimum absolute atomic E-state index is 0.436. The molecule has 0 spiro atoms. The van der Waals surface area contributed by atoms with Gasteiger partial charge in [0.1, 0.15) is 0 Å². The molecular formula is C13H19N3O3S. The van der Waals surface area contributed by atoms with Gasteiger partial charge in [0.2, 0.25) is 15.9 Å². The number of piperazine rings is 1. The predicted molar refractivity (Wildman–Crippen MR) is 76.7 cm³/mol. The second kappa shape index (κ2) is 5.90. The molecule has 0 atom stereocenters. The van der Waals surface area contributed by atoms with Crippen molar-refractivity contribution in [2.45, 2.75) is 6.54 Å². The largest absolute Gasteiger partial charge is 0.366 e. The third-order valence-electron chi connectivity index (χ3n) is 3.42. The van der Waals surface area contributed by atoms with Crippen LogP contribution in [0.5, 0.6) is 0 Å². The number of hydrogen-bond acceptors (Lipinski definition) is 4. The lowest BCUT2D eigenvalue weighted by atomic mass is 10.1. The van der Waals surface area contributed by atoms with Crippen molar-refractivity contribution in [2.75, 3.05) is 32.4 Å². The van der Waals surface area contributed by atoms with E-state index in [0.717, 1.165) is 5.56 Å². The normalized spacial score (nSPS) is 18.1. The molecule has 7 heteroatoms. The molecule has 0 saturated carbocycles. The fourth-order valence-corrected chi connectivity index (χ4v) is 3.13. The van der Waals surface area contributed by atoms with Gasteiger partial charge in [-0.1, -0.05) is 12.1 Å². The molecule has 1 aromatic rings. The standard InChI is InChI=1S/C13H19N3O3S/c1-20(18,19)16-7-5-15(6-8-16)10-11-3-2-4-12(9-11)13(14)17/h2-4,9H,5-8,10H2,1H3,(H2,14,17). The minimum Gasteiger partial charge on any atom is -0.366 e. The average Bonchev–Trinajstić information content (AvgIpc) is 2.38. The molecule has 2 N–H and O–H groups in total. The quantitative estimate of drug-likeness (QED) is 0.838. The van der Waals surface area contributed by atoms with Gasteiger partial charge in [-0.25, -0.2) is 8.42 Å². The first-order chi connectivity index (χ1) is 9.36. The molecule has 0 aromatic heterocycles. The lowest BCUT2D eigenvalue weighted by molar-refractivity contribution is 0.1000. The highest BCUT2D eigenvalue weighted by atomic mass is 32.2. The van der Waals surface area contributed by atoms with E-state index < -0.39 is 15.9 Å². The highest BCUT2D eigenvalue weighted by Crippen LogP contribution is 2.12. The molecule has 0 bridgehead atoms. The molecule has 1 aromatic carbocycles. The summed E-state index contributed by atoms with van der Waals surface area (Å²) in [6, 6.07) is 7.22. The third kappa shape index (κ3) is 3.78. The maximum Gasteiger partial charge on any atom is 0.248 e. The molecule has 1 saturated heterocycles. The fraction of sp³-hybridized carbons (Fsp3) is 0.462. The number of rotatable bonds is 4. The number of amides is 1. The summed E-state index contributed by atoms with van der Waals surface area (Å²) >= 11 is 0. The summed E-state index contributed by atoms with van der Waals surface area (Å²) < 4.78 is 24.3. The summed E-state index contributed by atoms with van der Waals surface area (Å²) in [6.45, 7) is 3.09. The van der Waals surface area contributed by atoms with Gasteiger partial charge in [-0.3, -0.25) is 9.69 Å². The Morgan fingerprint density at radius 1 is 1.25 bits per heavy atom. The monoisotopic (exact) mass is 297 g/mol. The third-order valence-corrected chi connectivity index (χ3v) is 4.72. The van der Waals surface area contributed by atoms with Gasteiger partial charge >= 0.3 is 0 Å². The number of primary amides is 1. The molecule has 2 rings (SSSR count). The Bertz CT molecular complexity index is 593. The van der Waals surface area contributed by atoms with Crippen LogP contribution in [0.2, 0.25) is 0 Å². The Kier molecular flexibility index (Phi) is 4.42. The topological polar surface area (TPSA) is 83.7 Å². The molecule has 0 radical (unpaired) electrons. The van der Waals surface area contributed by atoms with E-state index in [9.17, 15) is 13.2 Å². The summed E-state index contributed by atoms with van der Waals surface area (Å²) in [5.41, 5.74) is 6.76. The van der Waals surface area contributed by atoms with Crippen molar-refractivity contribution in [2.24, 2.45) is 5.73 Å². The minimum atomic E-state index is -3.09. The summed E-state index contributed by atoms with van der Waals surface area (Å²) in [7, 11) is -3.09. The maximum absolute atomic E-state index is 11.4. The molecule has 1 heterocycles. The van der Waals surface area contributed by atoms with Gasteiger partial charge in [-0.15, -0.1) is 0 Å². The van der Waals surface area contributed by atoms with Gasteiger partial charge in [0, 0.05) is 38.3 Å². The van der Waals surface area contributed by atoms with Gasteiger partial charge in [-0.2, -0.15) is 4.31 Å². The molecule has 1 aliphatic heterocycles. The second-order valence-electron chi connectivity index (χ2n) is 5.00. The lowest BCUT2D eigenvalue weighted by Gasteiger charge is -2.33. The van der Waals surface area contributed by atoms with Gasteiger partial charge in [0.25, 0.3) is 0 Å². The van der Waals surface area contributed by atoms with E-state index in [4.69, 9.17) is 5.73 Å². The van der Waals surface area contributed by atoms with Gasteiger partial charge in [0.05, 0.1) is 6.26 Å². The molecule has 0 unspecified atom stereocenters. The van der Waals surface area contributed by atoms with Gasteiger partial charge in [0.15, 0.2) is 0 Å². The number of benzene rings is 1. The Hall–Kier alpha value is -1.44. The van der Waals surface area contributed by atoms with Crippen LogP contribution in [0, 0.1) is 0 Å². The van der Waals surface area contributed by atoms with Crippen LogP contribution in [0.1, 0.15) is 15.9 Å². The van der Waals surface area contributed by atoms with Crippen molar-refractivity contribution in [1.29, 1.82) is 0 Å². The van der Waals surface area contributed by atoms with Crippen molar-refractivity contribution < 1.29 is 13.2 Å². The second-order valence-corrected chi connectivity index (χ2v) is 6.99. The lowest BCUT2D eigenvalue weighted by Crippen LogP contribution is -2.47. The van der Waals surface area contributed by atoms with Crippen LogP contribution >= 0.6 is 0 Å². The van der Waals surface area contributed by atoms with Gasteiger partial charge < -0.3 is 5.73 Å². The number of carbonyl (C=O) groups is 1. The highest BCUT2D eigenvalue weighted by molar-refractivity contribution is 7.88. The van der Waals surface area contributed by atoms with E-state index in [0.29, 0.717) is 38.3 Å². The van der Waals surface area contributed by atoms with Crippen LogP contribution in [0.3, 0.4) is 0 Å². The molecule has 20 heavy (non-hydrogen) atoms. The van der Waals surface area contributed by atoms with E-state index in [2.05, 4.69) is 4.90 Å². The van der Waals surface area contributed by atoms with E-state index >= 15 is 0 Å². The van der Waals surface area contributed by atoms with E-state index in [1.807, 2.05) is 12.1 Å². The molecule has 6 nitrogen and oxygen atoms in total. The molecule has 1 amide bonds. The van der Waals surface area contributed by atoms with Gasteiger partial charge in [-0.05, 0) is 17.7 Å². The number of sulfonamides is 1. The van der Waals surface area contributed by atoms with E-state index in [1.54, 1.807) is 12.1 Å². The Balaban J connectivity index is 1.96. The predicted octanol–water partition coefficient (Wildman–Crippen LogP) is -0.137. The summed E-state index contributed by atoms with van der Waals surface area (Å²) in [6.07, 6.45) is 1.24. The van der Waals surface area contributed by atoms with Crippen molar-refractivity contribution in [1.82, 2.24) is 9.21 Å². The molecule has 1 aliphatic rings. The molecule has 1 fully saturated rings. The smallest absolute Gasteiger partial charge is 0.248 e. The first kappa shape index (κ1) is 15.0. The SMILES string of the molecule is CS(=O)(=O)N1CCN(Cc2cccc(C(N)=O)c2)CC1. The van der Waals surface area contributed by atoms with Crippen molar-refractivity contribution in [3.8, 4) is 0 Å². The first-order valence-electron chi connectivity index (χ1n) is 6.42. The zero-order chi connectivity index (χ0) is 14.8. The fourth-order valence-electron chi connectivity index (χ4n) is 2.30. The number of hydrogen-bond donors (Lipinski definition) is 1. The zero-order valence-electron chi connectivity index (χ0n) is 11.4. The van der Waals surface area contributed by atoms with Crippen molar-refractivity contribution in [3.63, 3.8) is 0 Å². The number of nitrogens with two attached hydrogens (primary N) is 1. The van der Waals surface area contributed by atoms with Crippen molar-refractivity contribution >= 4 is 15.9 Å². The summed E-state index contributed by atoms with van der Waals surface area (Å²) in [4.78, 5) is 13.3. The van der Waals surface area contributed by atoms with Crippen LogP contribution in [-0.4, -0.2) is 56.0 Å². The van der Waals surface area contributed by atoms with Crippen LogP contribution in [0.15, 0.2) is 24.3 Å². The first-order valence-corrected chi connectivity index (χ1v) is 8.27. The van der Waals surface area contributed by atoms with E-state index in [-0.39, 0.29) is 0 Å². The van der Waals surface area contributed by atoms with E-state index in [1.165, 1.54) is 10.6 Å². The highest BCUT2D eigenvalue weighted by Gasteiger charge is 2.23. The Labute approximate surface area is 119 Å². The Morgan fingerprint density at radius 3 is 2.45 bits per heavy atom. The van der Waals surface area contributed by atoms with Crippen LogP contribution in [-0.2, 0) is 16.6 Å². The molecular weight excluding hydrogens is 278 g/mol. The summed E-state index contributed by atoms with van der Waals surface area (Å²) in [5, 5.41) is 0. The van der Waals surface area contributed by atoms with Crippen LogP contribution in [0.4, 0.5) is 0 Å². The molecule has 0 aliphatic carbocycles. The summed E-state index contributed by atoms with van der Waals surface area (Å²) in [5.74, 6) is -0.436. The molecule has 110 valence electrons. The average molecular weight is 297 g/mol. The van der Waals surface area contributed by atoms with Crippen LogP contribution in [0.25, 0.3) is 0 Å². The van der Waals surface area contributed by atoms with Crippen LogP contribution < -0.4 is 5.73 Å². The number of nitrogens with zero attached hydrogens (tertiary/aromatic N) is 2. The zero-order valence-corrected chi connectivity index (χ0v) is 12.3. The maximum atomic E-state index is 11.4. The number of carbonyl (C=O) groups excluding carboxylic acids is 1.